The molecule has 3 heteroatoms. The molecule has 1 saturated heterocycles. The Morgan fingerprint density at radius 3 is 2.56 bits per heavy atom. The largest absolute Gasteiger partial charge is 0.299 e. The first-order valence-corrected chi connectivity index (χ1v) is 3.51. The van der Waals surface area contributed by atoms with Crippen molar-refractivity contribution in [1.82, 2.24) is 10.6 Å². The van der Waals surface area contributed by atoms with Crippen LogP contribution in [-0.2, 0) is 0 Å². The van der Waals surface area contributed by atoms with Crippen LogP contribution in [0.15, 0.2) is 12.7 Å². The van der Waals surface area contributed by atoms with Crippen LogP contribution in [-0.4, -0.2) is 24.6 Å². The lowest BCUT2D eigenvalue weighted by Crippen LogP contribution is -2.38. The zero-order chi connectivity index (χ0) is 6.69. The molecule has 1 unspecified atom stereocenters. The molecule has 0 amide bonds. The van der Waals surface area contributed by atoms with Crippen molar-refractivity contribution in [3.63, 3.8) is 0 Å². The van der Waals surface area contributed by atoms with Gasteiger partial charge in [-0.15, -0.1) is 18.2 Å². The summed E-state index contributed by atoms with van der Waals surface area (Å²) in [4.78, 5) is 0. The van der Waals surface area contributed by atoms with Gasteiger partial charge in [0.05, 0.1) is 11.5 Å². The van der Waals surface area contributed by atoms with Crippen LogP contribution in [0.1, 0.15) is 0 Å². The molecule has 2 nitrogen and oxygen atoms in total. The molecule has 1 heterocycles. The molecule has 0 aromatic rings. The highest BCUT2D eigenvalue weighted by molar-refractivity contribution is 6.22. The molecule has 1 atom stereocenters. The van der Waals surface area contributed by atoms with Crippen LogP contribution in [0.3, 0.4) is 0 Å². The Hall–Kier alpha value is -0.0500. The van der Waals surface area contributed by atoms with E-state index in [-0.39, 0.29) is 11.5 Å². The highest BCUT2D eigenvalue weighted by atomic mass is 35.5. The van der Waals surface area contributed by atoms with Gasteiger partial charge in [0.1, 0.15) is 0 Å². The maximum absolute atomic E-state index is 5.83. The van der Waals surface area contributed by atoms with Crippen LogP contribution in [0.25, 0.3) is 0 Å². The van der Waals surface area contributed by atoms with Crippen LogP contribution in [0, 0.1) is 0 Å². The quantitative estimate of drug-likeness (QED) is 0.433. The molecular weight excluding hydrogens is 136 g/mol. The van der Waals surface area contributed by atoms with E-state index in [2.05, 4.69) is 17.2 Å². The van der Waals surface area contributed by atoms with Gasteiger partial charge < -0.3 is 0 Å². The molecule has 9 heavy (non-hydrogen) atoms. The third kappa shape index (κ3) is 1.68. The minimum Gasteiger partial charge on any atom is -0.299 e. The lowest BCUT2D eigenvalue weighted by atomic mass is 10.3. The molecule has 52 valence electrons. The predicted molar refractivity (Wildman–Crippen MR) is 39.6 cm³/mol. The fourth-order valence-corrected chi connectivity index (χ4v) is 1.07. The maximum atomic E-state index is 5.83. The summed E-state index contributed by atoms with van der Waals surface area (Å²) >= 11 is 5.83. The maximum Gasteiger partial charge on any atom is 0.0798 e. The van der Waals surface area contributed by atoms with Crippen molar-refractivity contribution in [3.8, 4) is 0 Å². The van der Waals surface area contributed by atoms with Crippen LogP contribution in [0.5, 0.6) is 0 Å². The Morgan fingerprint density at radius 1 is 1.56 bits per heavy atom. The van der Waals surface area contributed by atoms with Gasteiger partial charge in [0, 0.05) is 13.1 Å². The monoisotopic (exact) mass is 146 g/mol. The average molecular weight is 147 g/mol. The molecule has 1 rings (SSSR count). The molecule has 0 radical (unpaired) electrons. The van der Waals surface area contributed by atoms with Gasteiger partial charge in [-0.05, 0) is 0 Å². The fourth-order valence-electron chi connectivity index (χ4n) is 0.889. The minimum atomic E-state index is 0.00694. The topological polar surface area (TPSA) is 24.1 Å². The number of hydrogen-bond acceptors (Lipinski definition) is 2. The van der Waals surface area contributed by atoms with Crippen LogP contribution in [0.2, 0.25) is 0 Å². The molecule has 0 bridgehead atoms. The molecule has 0 aliphatic carbocycles. The van der Waals surface area contributed by atoms with Gasteiger partial charge >= 0.3 is 0 Å². The third-order valence-electron chi connectivity index (χ3n) is 1.40. The van der Waals surface area contributed by atoms with Crippen LogP contribution in [0.4, 0.5) is 0 Å². The van der Waals surface area contributed by atoms with Gasteiger partial charge in [0.2, 0.25) is 0 Å². The van der Waals surface area contributed by atoms with E-state index in [9.17, 15) is 0 Å². The number of nitrogens with one attached hydrogen (secondary N) is 2. The lowest BCUT2D eigenvalue weighted by Gasteiger charge is -2.12. The van der Waals surface area contributed by atoms with Crippen LogP contribution >= 0.6 is 11.6 Å². The standard InChI is InChI=1S/C6H11ClN2/c1-2-5(7)6-8-3-4-9-6/h2,5-6,8-9H,1,3-4H2. The number of hydrogen-bond donors (Lipinski definition) is 2. The second-order valence-corrected chi connectivity index (χ2v) is 2.57. The van der Waals surface area contributed by atoms with Gasteiger partial charge in [0.25, 0.3) is 0 Å². The van der Waals surface area contributed by atoms with E-state index in [0.29, 0.717) is 0 Å². The van der Waals surface area contributed by atoms with E-state index in [4.69, 9.17) is 11.6 Å². The molecular formula is C6H11ClN2. The molecule has 0 spiro atoms. The first-order chi connectivity index (χ1) is 4.34. The van der Waals surface area contributed by atoms with E-state index >= 15 is 0 Å². The molecule has 2 N–H and O–H groups in total. The third-order valence-corrected chi connectivity index (χ3v) is 1.83. The Morgan fingerprint density at radius 2 is 2.11 bits per heavy atom. The highest BCUT2D eigenvalue weighted by Gasteiger charge is 2.18. The summed E-state index contributed by atoms with van der Waals surface area (Å²) < 4.78 is 0. The molecule has 1 fully saturated rings. The smallest absolute Gasteiger partial charge is 0.0798 e. The normalized spacial score (nSPS) is 24.1. The summed E-state index contributed by atoms with van der Waals surface area (Å²) in [5.74, 6) is 0. The Labute approximate surface area is 60.3 Å². The van der Waals surface area contributed by atoms with Crippen molar-refractivity contribution in [2.75, 3.05) is 13.1 Å². The summed E-state index contributed by atoms with van der Waals surface area (Å²) in [7, 11) is 0. The Kier molecular flexibility index (Phi) is 2.51. The molecule has 1 aliphatic heterocycles. The van der Waals surface area contributed by atoms with E-state index in [1.165, 1.54) is 0 Å². The zero-order valence-electron chi connectivity index (χ0n) is 5.23. The number of alkyl halides is 1. The first kappa shape index (κ1) is 7.06. The molecule has 0 aromatic heterocycles. The van der Waals surface area contributed by atoms with Crippen molar-refractivity contribution in [1.29, 1.82) is 0 Å². The SMILES string of the molecule is C=CC(Cl)C1NCCN1. The van der Waals surface area contributed by atoms with E-state index in [0.717, 1.165) is 13.1 Å². The Bertz CT molecular complexity index is 99.2. The Balaban J connectivity index is 2.32. The number of halogens is 1. The number of rotatable bonds is 2. The minimum absolute atomic E-state index is 0.00694. The van der Waals surface area contributed by atoms with E-state index in [1.807, 2.05) is 0 Å². The van der Waals surface area contributed by atoms with Crippen molar-refractivity contribution in [2.45, 2.75) is 11.5 Å². The average Bonchev–Trinajstić information content (AvgIpc) is 2.37. The van der Waals surface area contributed by atoms with Crippen molar-refractivity contribution in [2.24, 2.45) is 0 Å². The summed E-state index contributed by atoms with van der Waals surface area (Å²) in [5, 5.41) is 6.39. The molecule has 0 saturated carbocycles. The summed E-state index contributed by atoms with van der Waals surface area (Å²) in [5.41, 5.74) is 0. The summed E-state index contributed by atoms with van der Waals surface area (Å²) in [6, 6.07) is 0. The summed E-state index contributed by atoms with van der Waals surface area (Å²) in [6.45, 7) is 5.60. The van der Waals surface area contributed by atoms with Gasteiger partial charge in [-0.25, -0.2) is 0 Å². The summed E-state index contributed by atoms with van der Waals surface area (Å²) in [6.07, 6.45) is 1.96. The highest BCUT2D eigenvalue weighted by Crippen LogP contribution is 2.02. The molecule has 0 aromatic carbocycles. The van der Waals surface area contributed by atoms with Gasteiger partial charge in [-0.2, -0.15) is 0 Å². The predicted octanol–water partition coefficient (Wildman–Crippen LogP) is 0.299. The van der Waals surface area contributed by atoms with Crippen molar-refractivity contribution in [3.05, 3.63) is 12.7 Å². The second kappa shape index (κ2) is 3.20. The zero-order valence-corrected chi connectivity index (χ0v) is 5.99. The van der Waals surface area contributed by atoms with Crippen molar-refractivity contribution < 1.29 is 0 Å². The second-order valence-electron chi connectivity index (χ2n) is 2.07. The van der Waals surface area contributed by atoms with Gasteiger partial charge in [-0.3, -0.25) is 10.6 Å². The van der Waals surface area contributed by atoms with E-state index in [1.54, 1.807) is 6.08 Å². The van der Waals surface area contributed by atoms with Crippen molar-refractivity contribution >= 4 is 11.6 Å². The van der Waals surface area contributed by atoms with Gasteiger partial charge in [0.15, 0.2) is 0 Å². The molecule has 1 aliphatic rings. The van der Waals surface area contributed by atoms with Crippen LogP contribution < -0.4 is 10.6 Å². The van der Waals surface area contributed by atoms with E-state index < -0.39 is 0 Å². The fraction of sp³-hybridized carbons (Fsp3) is 0.667. The first-order valence-electron chi connectivity index (χ1n) is 3.08. The lowest BCUT2D eigenvalue weighted by molar-refractivity contribution is 0.567. The van der Waals surface area contributed by atoms with Gasteiger partial charge in [-0.1, -0.05) is 6.08 Å².